The topological polar surface area (TPSA) is 104 Å². The maximum absolute atomic E-state index is 13.1. The predicted molar refractivity (Wildman–Crippen MR) is 107 cm³/mol. The van der Waals surface area contributed by atoms with Gasteiger partial charge in [0.15, 0.2) is 5.76 Å². The molecule has 0 unspecified atom stereocenters. The number of nitrogens with zero attached hydrogens (tertiary/aromatic N) is 4. The summed E-state index contributed by atoms with van der Waals surface area (Å²) in [6.45, 7) is 3.16. The van der Waals surface area contributed by atoms with Crippen LogP contribution >= 0.6 is 0 Å². The third-order valence-electron chi connectivity index (χ3n) is 4.95. The summed E-state index contributed by atoms with van der Waals surface area (Å²) in [5, 5.41) is 9.39. The molecule has 1 aliphatic heterocycles. The summed E-state index contributed by atoms with van der Waals surface area (Å²) in [5.74, 6) is 0.891. The van der Waals surface area contributed by atoms with E-state index >= 15 is 0 Å². The van der Waals surface area contributed by atoms with Gasteiger partial charge in [-0.2, -0.15) is 10.2 Å². The molecule has 8 nitrogen and oxygen atoms in total. The van der Waals surface area contributed by atoms with Gasteiger partial charge in [0.1, 0.15) is 16.7 Å². The van der Waals surface area contributed by atoms with E-state index in [1.54, 1.807) is 31.2 Å². The molecule has 2 aromatic heterocycles. The minimum Gasteiger partial charge on any atom is -0.455 e. The van der Waals surface area contributed by atoms with E-state index in [9.17, 15) is 13.7 Å². The number of rotatable bonds is 5. The molecule has 0 bridgehead atoms. The number of hydrogen-bond donors (Lipinski definition) is 0. The van der Waals surface area contributed by atoms with Crippen molar-refractivity contribution in [3.8, 4) is 17.7 Å². The second-order valence-electron chi connectivity index (χ2n) is 6.82. The van der Waals surface area contributed by atoms with E-state index in [4.69, 9.17) is 8.83 Å². The van der Waals surface area contributed by atoms with Crippen LogP contribution in [-0.4, -0.2) is 33.5 Å². The molecule has 0 aliphatic carbocycles. The van der Waals surface area contributed by atoms with E-state index < -0.39 is 10.0 Å². The molecule has 3 heterocycles. The highest BCUT2D eigenvalue weighted by Crippen LogP contribution is 2.34. The maximum atomic E-state index is 13.1. The minimum absolute atomic E-state index is 0.0262. The van der Waals surface area contributed by atoms with Crippen molar-refractivity contribution in [2.24, 2.45) is 0 Å². The number of hydrogen-bond acceptors (Lipinski definition) is 7. The number of furan rings is 1. The van der Waals surface area contributed by atoms with Gasteiger partial charge < -0.3 is 13.7 Å². The lowest BCUT2D eigenvalue weighted by atomic mass is 10.3. The minimum atomic E-state index is -3.84. The summed E-state index contributed by atoms with van der Waals surface area (Å²) in [6.07, 6.45) is 2.05. The van der Waals surface area contributed by atoms with Crippen LogP contribution in [0.3, 0.4) is 0 Å². The lowest BCUT2D eigenvalue weighted by Gasteiger charge is -2.18. The van der Waals surface area contributed by atoms with Gasteiger partial charge in [0, 0.05) is 26.2 Å². The fourth-order valence-electron chi connectivity index (χ4n) is 3.38. The van der Waals surface area contributed by atoms with E-state index in [1.165, 1.54) is 17.4 Å². The van der Waals surface area contributed by atoms with Gasteiger partial charge in [-0.25, -0.2) is 8.42 Å². The van der Waals surface area contributed by atoms with Crippen LogP contribution in [0.2, 0.25) is 0 Å². The molecular weight excluding hydrogens is 392 g/mol. The quantitative estimate of drug-likeness (QED) is 0.631. The third kappa shape index (κ3) is 3.36. The average Bonchev–Trinajstić information content (AvgIpc) is 3.46. The molecule has 150 valence electrons. The van der Waals surface area contributed by atoms with Gasteiger partial charge in [-0.1, -0.05) is 18.2 Å². The van der Waals surface area contributed by atoms with Gasteiger partial charge in [0.05, 0.1) is 5.69 Å². The van der Waals surface area contributed by atoms with Crippen LogP contribution in [0.25, 0.3) is 11.7 Å². The molecule has 1 saturated heterocycles. The van der Waals surface area contributed by atoms with E-state index in [-0.39, 0.29) is 28.0 Å². The molecule has 0 radical (unpaired) electrons. The Labute approximate surface area is 169 Å². The van der Waals surface area contributed by atoms with Crippen molar-refractivity contribution in [1.82, 2.24) is 4.98 Å². The maximum Gasteiger partial charge on any atom is 0.267 e. The third-order valence-corrected chi connectivity index (χ3v) is 6.84. The fourth-order valence-corrected chi connectivity index (χ4v) is 4.73. The molecule has 1 aromatic carbocycles. The predicted octanol–water partition coefficient (Wildman–Crippen LogP) is 3.54. The van der Waals surface area contributed by atoms with Crippen LogP contribution < -0.4 is 9.21 Å². The summed E-state index contributed by atoms with van der Waals surface area (Å²) in [5.41, 5.74) is 0.704. The molecule has 1 fully saturated rings. The Morgan fingerprint density at radius 3 is 2.52 bits per heavy atom. The normalized spacial score (nSPS) is 14.2. The number of anilines is 2. The molecule has 0 atom stereocenters. The van der Waals surface area contributed by atoms with Gasteiger partial charge in [-0.3, -0.25) is 4.31 Å². The highest BCUT2D eigenvalue weighted by Gasteiger charge is 2.29. The fraction of sp³-hybridized carbons (Fsp3) is 0.300. The molecular formula is C20H20N4O4S. The lowest BCUT2D eigenvalue weighted by molar-refractivity contribution is 0.494. The molecule has 4 rings (SSSR count). The van der Waals surface area contributed by atoms with Gasteiger partial charge in [-0.05, 0) is 31.9 Å². The van der Waals surface area contributed by atoms with E-state index in [0.717, 1.165) is 25.9 Å². The van der Waals surface area contributed by atoms with Crippen molar-refractivity contribution in [3.63, 3.8) is 0 Å². The number of nitriles is 1. The van der Waals surface area contributed by atoms with Crippen molar-refractivity contribution >= 4 is 21.6 Å². The monoisotopic (exact) mass is 412 g/mol. The first-order chi connectivity index (χ1) is 13.9. The van der Waals surface area contributed by atoms with Crippen LogP contribution in [0.5, 0.6) is 0 Å². The van der Waals surface area contributed by atoms with Gasteiger partial charge in [-0.15, -0.1) is 0 Å². The van der Waals surface area contributed by atoms with Crippen LogP contribution in [0.1, 0.15) is 24.3 Å². The highest BCUT2D eigenvalue weighted by molar-refractivity contribution is 7.92. The molecule has 0 spiro atoms. The van der Waals surface area contributed by atoms with Crippen molar-refractivity contribution in [2.75, 3.05) is 29.3 Å². The summed E-state index contributed by atoms with van der Waals surface area (Å²) >= 11 is 0. The Bertz CT molecular complexity index is 1170. The molecule has 29 heavy (non-hydrogen) atoms. The second-order valence-corrected chi connectivity index (χ2v) is 8.76. The zero-order valence-electron chi connectivity index (χ0n) is 16.1. The van der Waals surface area contributed by atoms with Crippen LogP contribution in [0.15, 0.2) is 50.1 Å². The first-order valence-electron chi connectivity index (χ1n) is 9.22. The van der Waals surface area contributed by atoms with E-state index in [0.29, 0.717) is 11.6 Å². The van der Waals surface area contributed by atoms with Crippen molar-refractivity contribution < 1.29 is 17.3 Å². The zero-order valence-corrected chi connectivity index (χ0v) is 16.9. The molecule has 9 heteroatoms. The molecule has 3 aromatic rings. The van der Waals surface area contributed by atoms with E-state index in [1.807, 2.05) is 17.0 Å². The standard InChI is InChI=1S/C20H20N4O4S/c1-14-18(29(25,26)23(2)15-8-4-3-5-9-15)12-17(27-14)19-22-16(13-21)20(28-19)24-10-6-7-11-24/h3-5,8-9,12H,6-7,10-11H2,1-2H3. The number of oxazole rings is 1. The van der Waals surface area contributed by atoms with Gasteiger partial charge in [0.2, 0.25) is 11.6 Å². The Hall–Kier alpha value is -3.25. The van der Waals surface area contributed by atoms with E-state index in [2.05, 4.69) is 4.98 Å². The van der Waals surface area contributed by atoms with Crippen molar-refractivity contribution in [2.45, 2.75) is 24.7 Å². The summed E-state index contributed by atoms with van der Waals surface area (Å²) in [7, 11) is -2.35. The molecule has 1 aliphatic rings. The first kappa shape index (κ1) is 19.1. The van der Waals surface area contributed by atoms with Crippen LogP contribution in [0.4, 0.5) is 11.6 Å². The van der Waals surface area contributed by atoms with Crippen LogP contribution in [-0.2, 0) is 10.0 Å². The average molecular weight is 412 g/mol. The zero-order chi connectivity index (χ0) is 20.6. The number of para-hydroxylation sites is 1. The largest absolute Gasteiger partial charge is 0.455 e. The molecule has 0 amide bonds. The Morgan fingerprint density at radius 1 is 1.17 bits per heavy atom. The number of benzene rings is 1. The Balaban J connectivity index is 1.71. The Kier molecular flexibility index (Phi) is 4.80. The summed E-state index contributed by atoms with van der Waals surface area (Å²) in [6, 6.07) is 12.2. The Morgan fingerprint density at radius 2 is 1.86 bits per heavy atom. The smallest absolute Gasteiger partial charge is 0.267 e. The number of aryl methyl sites for hydroxylation is 1. The van der Waals surface area contributed by atoms with Crippen molar-refractivity contribution in [1.29, 1.82) is 5.26 Å². The molecule has 0 N–H and O–H groups in total. The lowest BCUT2D eigenvalue weighted by Crippen LogP contribution is -2.26. The summed E-state index contributed by atoms with van der Waals surface area (Å²) < 4.78 is 38.8. The van der Waals surface area contributed by atoms with Crippen molar-refractivity contribution in [3.05, 3.63) is 47.9 Å². The number of sulfonamides is 1. The highest BCUT2D eigenvalue weighted by atomic mass is 32.2. The first-order valence-corrected chi connectivity index (χ1v) is 10.7. The second kappa shape index (κ2) is 7.29. The van der Waals surface area contributed by atoms with Crippen LogP contribution in [0, 0.1) is 18.3 Å². The van der Waals surface area contributed by atoms with Gasteiger partial charge >= 0.3 is 0 Å². The SMILES string of the molecule is Cc1oc(-c2nc(C#N)c(N3CCCC3)o2)cc1S(=O)(=O)N(C)c1ccccc1. The molecule has 0 saturated carbocycles. The number of aromatic nitrogens is 1. The van der Waals surface area contributed by atoms with Gasteiger partial charge in [0.25, 0.3) is 15.9 Å². The summed E-state index contributed by atoms with van der Waals surface area (Å²) in [4.78, 5) is 6.20.